The first-order chi connectivity index (χ1) is 13.5. The molecule has 0 bridgehead atoms. The lowest BCUT2D eigenvalue weighted by Crippen LogP contribution is -2.30. The first kappa shape index (κ1) is 19.8. The molecule has 2 aromatic carbocycles. The molecule has 7 heteroatoms. The van der Waals surface area contributed by atoms with Crippen LogP contribution in [0.4, 0.5) is 0 Å². The fourth-order valence-corrected chi connectivity index (χ4v) is 3.07. The van der Waals surface area contributed by atoms with Crippen molar-refractivity contribution in [1.82, 2.24) is 10.1 Å². The number of hydrogen-bond acceptors (Lipinski definition) is 5. The maximum atomic E-state index is 12.9. The molecule has 28 heavy (non-hydrogen) atoms. The summed E-state index contributed by atoms with van der Waals surface area (Å²) in [5, 5.41) is 4.60. The molecule has 0 aliphatic rings. The van der Waals surface area contributed by atoms with Gasteiger partial charge >= 0.3 is 0 Å². The molecule has 3 rings (SSSR count). The monoisotopic (exact) mass is 400 g/mol. The largest absolute Gasteiger partial charge is 0.497 e. The number of hydrogen-bond donors (Lipinski definition) is 0. The number of rotatable bonds is 7. The van der Waals surface area contributed by atoms with E-state index in [2.05, 4.69) is 5.16 Å². The third-order valence-electron chi connectivity index (χ3n) is 4.33. The molecular formula is C21H21ClN2O4. The number of nitrogens with zero attached hydrogens (tertiary/aromatic N) is 2. The van der Waals surface area contributed by atoms with Gasteiger partial charge in [0.2, 0.25) is 0 Å². The first-order valence-corrected chi connectivity index (χ1v) is 9.16. The number of benzene rings is 2. The summed E-state index contributed by atoms with van der Waals surface area (Å²) in [5.74, 6) is 1.45. The highest BCUT2D eigenvalue weighted by atomic mass is 35.5. The van der Waals surface area contributed by atoms with E-state index in [1.54, 1.807) is 49.5 Å². The first-order valence-electron chi connectivity index (χ1n) is 8.78. The van der Waals surface area contributed by atoms with Gasteiger partial charge in [0.1, 0.15) is 11.5 Å². The van der Waals surface area contributed by atoms with Crippen LogP contribution in [0.3, 0.4) is 0 Å². The summed E-state index contributed by atoms with van der Waals surface area (Å²) in [5.41, 5.74) is 1.83. The number of carbonyl (C=O) groups is 1. The van der Waals surface area contributed by atoms with Crippen LogP contribution in [0.2, 0.25) is 5.02 Å². The van der Waals surface area contributed by atoms with Crippen LogP contribution in [0.1, 0.15) is 23.0 Å². The highest BCUT2D eigenvalue weighted by Gasteiger charge is 2.21. The average molecular weight is 401 g/mol. The Morgan fingerprint density at radius 3 is 2.64 bits per heavy atom. The van der Waals surface area contributed by atoms with Crippen molar-refractivity contribution in [3.8, 4) is 22.8 Å². The molecule has 1 heterocycles. The van der Waals surface area contributed by atoms with Gasteiger partial charge in [-0.1, -0.05) is 28.9 Å². The van der Waals surface area contributed by atoms with Crippen LogP contribution in [0, 0.1) is 0 Å². The molecule has 0 saturated heterocycles. The number of carbonyl (C=O) groups excluding carboxylic acids is 1. The average Bonchev–Trinajstić information content (AvgIpc) is 3.21. The van der Waals surface area contributed by atoms with Crippen molar-refractivity contribution >= 4 is 17.5 Å². The zero-order chi connectivity index (χ0) is 20.1. The Balaban J connectivity index is 1.85. The number of ether oxygens (including phenoxy) is 2. The van der Waals surface area contributed by atoms with Crippen molar-refractivity contribution in [3.05, 3.63) is 64.8 Å². The van der Waals surface area contributed by atoms with Gasteiger partial charge in [0.25, 0.3) is 5.91 Å². The summed E-state index contributed by atoms with van der Waals surface area (Å²) < 4.78 is 16.1. The Kier molecular flexibility index (Phi) is 6.21. The van der Waals surface area contributed by atoms with Gasteiger partial charge in [0.15, 0.2) is 11.5 Å². The molecule has 0 N–H and O–H groups in total. The van der Waals surface area contributed by atoms with Crippen LogP contribution in [-0.4, -0.2) is 36.7 Å². The van der Waals surface area contributed by atoms with E-state index in [0.717, 1.165) is 5.56 Å². The summed E-state index contributed by atoms with van der Waals surface area (Å²) in [4.78, 5) is 14.6. The normalized spacial score (nSPS) is 10.6. The Labute approximate surface area is 168 Å². The molecule has 0 aliphatic carbocycles. The minimum absolute atomic E-state index is 0.223. The maximum absolute atomic E-state index is 12.9. The fraction of sp³-hybridized carbons (Fsp3) is 0.238. The van der Waals surface area contributed by atoms with Crippen molar-refractivity contribution in [2.24, 2.45) is 0 Å². The number of aromatic nitrogens is 1. The van der Waals surface area contributed by atoms with Crippen molar-refractivity contribution in [2.45, 2.75) is 13.5 Å². The van der Waals surface area contributed by atoms with Crippen LogP contribution < -0.4 is 9.47 Å². The SMILES string of the molecule is CCN(Cc1cccc(Cl)c1)C(=O)c1cc(-c2cc(OC)ccc2OC)on1. The van der Waals surface area contributed by atoms with Crippen molar-refractivity contribution in [1.29, 1.82) is 0 Å². The lowest BCUT2D eigenvalue weighted by molar-refractivity contribution is 0.0742. The predicted molar refractivity (Wildman–Crippen MR) is 107 cm³/mol. The molecular weight excluding hydrogens is 380 g/mol. The lowest BCUT2D eigenvalue weighted by Gasteiger charge is -2.19. The molecule has 1 aromatic heterocycles. The highest BCUT2D eigenvalue weighted by Crippen LogP contribution is 2.34. The highest BCUT2D eigenvalue weighted by molar-refractivity contribution is 6.30. The lowest BCUT2D eigenvalue weighted by atomic mass is 10.1. The molecule has 6 nitrogen and oxygen atoms in total. The molecule has 0 atom stereocenters. The molecule has 0 saturated carbocycles. The second kappa shape index (κ2) is 8.80. The minimum atomic E-state index is -0.223. The van der Waals surface area contributed by atoms with Gasteiger partial charge in [-0.05, 0) is 42.8 Å². The molecule has 146 valence electrons. The van der Waals surface area contributed by atoms with Gasteiger partial charge in [-0.2, -0.15) is 0 Å². The van der Waals surface area contributed by atoms with E-state index < -0.39 is 0 Å². The smallest absolute Gasteiger partial charge is 0.276 e. The van der Waals surface area contributed by atoms with Gasteiger partial charge in [-0.25, -0.2) is 0 Å². The number of halogens is 1. The molecule has 0 aliphatic heterocycles. The summed E-state index contributed by atoms with van der Waals surface area (Å²) in [6, 6.07) is 14.4. The molecule has 0 fully saturated rings. The molecule has 3 aromatic rings. The van der Waals surface area contributed by atoms with Gasteiger partial charge < -0.3 is 18.9 Å². The van der Waals surface area contributed by atoms with Gasteiger partial charge in [-0.15, -0.1) is 0 Å². The fourth-order valence-electron chi connectivity index (χ4n) is 2.85. The van der Waals surface area contributed by atoms with E-state index >= 15 is 0 Å². The topological polar surface area (TPSA) is 64.8 Å². The molecule has 0 radical (unpaired) electrons. The van der Waals surface area contributed by atoms with Gasteiger partial charge in [0.05, 0.1) is 19.8 Å². The van der Waals surface area contributed by atoms with Crippen molar-refractivity contribution < 1.29 is 18.8 Å². The third-order valence-corrected chi connectivity index (χ3v) is 4.57. The Morgan fingerprint density at radius 1 is 1.14 bits per heavy atom. The van der Waals surface area contributed by atoms with Gasteiger partial charge in [0, 0.05) is 24.2 Å². The third kappa shape index (κ3) is 4.28. The Hall–Kier alpha value is -2.99. The van der Waals surface area contributed by atoms with Crippen LogP contribution in [-0.2, 0) is 6.54 Å². The Morgan fingerprint density at radius 2 is 1.96 bits per heavy atom. The second-order valence-corrected chi connectivity index (χ2v) is 6.53. The zero-order valence-electron chi connectivity index (χ0n) is 15.9. The molecule has 1 amide bonds. The number of amides is 1. The van der Waals surface area contributed by atoms with E-state index in [9.17, 15) is 4.79 Å². The quantitative estimate of drug-likeness (QED) is 0.576. The van der Waals surface area contributed by atoms with Crippen molar-refractivity contribution in [3.63, 3.8) is 0 Å². The zero-order valence-corrected chi connectivity index (χ0v) is 16.7. The van der Waals surface area contributed by atoms with E-state index in [0.29, 0.717) is 40.9 Å². The standard InChI is InChI=1S/C21H21ClN2O4/c1-4-24(13-14-6-5-7-15(22)10-14)21(25)18-12-20(28-23-18)17-11-16(26-2)8-9-19(17)27-3/h5-12H,4,13H2,1-3H3. The van der Waals surface area contributed by atoms with Crippen LogP contribution in [0.25, 0.3) is 11.3 Å². The number of methoxy groups -OCH3 is 2. The van der Waals surface area contributed by atoms with Crippen LogP contribution in [0.5, 0.6) is 11.5 Å². The Bertz CT molecular complexity index is 971. The van der Waals surface area contributed by atoms with Crippen LogP contribution in [0.15, 0.2) is 53.1 Å². The van der Waals surface area contributed by atoms with E-state index in [1.807, 2.05) is 25.1 Å². The maximum Gasteiger partial charge on any atom is 0.276 e. The predicted octanol–water partition coefficient (Wildman–Crippen LogP) is 4.67. The summed E-state index contributed by atoms with van der Waals surface area (Å²) in [6.45, 7) is 2.87. The minimum Gasteiger partial charge on any atom is -0.497 e. The van der Waals surface area contributed by atoms with Gasteiger partial charge in [-0.3, -0.25) is 4.79 Å². The molecule has 0 unspecified atom stereocenters. The van der Waals surface area contributed by atoms with E-state index in [-0.39, 0.29) is 11.6 Å². The van der Waals surface area contributed by atoms with Crippen molar-refractivity contribution in [2.75, 3.05) is 20.8 Å². The van der Waals surface area contributed by atoms with Crippen LogP contribution >= 0.6 is 11.6 Å². The summed E-state index contributed by atoms with van der Waals surface area (Å²) in [6.07, 6.45) is 0. The second-order valence-electron chi connectivity index (χ2n) is 6.09. The summed E-state index contributed by atoms with van der Waals surface area (Å²) >= 11 is 6.04. The van der Waals surface area contributed by atoms with E-state index in [4.69, 9.17) is 25.6 Å². The van der Waals surface area contributed by atoms with E-state index in [1.165, 1.54) is 0 Å². The molecule has 0 spiro atoms. The summed E-state index contributed by atoms with van der Waals surface area (Å²) in [7, 11) is 3.15.